The lowest BCUT2D eigenvalue weighted by Gasteiger charge is -2.33. The third kappa shape index (κ3) is 5.20. The zero-order valence-corrected chi connectivity index (χ0v) is 21.6. The fraction of sp³-hybridized carbons (Fsp3) is 0.407. The fourth-order valence-electron chi connectivity index (χ4n) is 5.49. The number of anilines is 1. The van der Waals surface area contributed by atoms with E-state index in [1.165, 1.54) is 19.1 Å². The van der Waals surface area contributed by atoms with Crippen molar-refractivity contribution in [2.24, 2.45) is 11.8 Å². The molecule has 4 amide bonds. The Morgan fingerprint density at radius 1 is 1.08 bits per heavy atom. The number of rotatable bonds is 7. The monoisotopic (exact) mass is 546 g/mol. The molecule has 0 spiro atoms. The second-order valence-electron chi connectivity index (χ2n) is 9.66. The number of imide groups is 1. The summed E-state index contributed by atoms with van der Waals surface area (Å²) in [6.07, 6.45) is -4.43. The van der Waals surface area contributed by atoms with Crippen LogP contribution in [0.25, 0.3) is 0 Å². The SMILES string of the molecule is CCN(C[C@H]1N[C@@](Cc2ccccc2)(C(=O)OC)[C@H]2C(=O)N(C)C(=O)[C@@H]12)C(=O)Nc1ccc(C(F)(F)F)cc1. The number of amides is 4. The van der Waals surface area contributed by atoms with Crippen LogP contribution in [0.5, 0.6) is 0 Å². The van der Waals surface area contributed by atoms with Gasteiger partial charge in [0.25, 0.3) is 0 Å². The first-order valence-corrected chi connectivity index (χ1v) is 12.4. The molecule has 0 radical (unpaired) electrons. The topological polar surface area (TPSA) is 108 Å². The van der Waals surface area contributed by atoms with E-state index in [0.29, 0.717) is 0 Å². The van der Waals surface area contributed by atoms with Crippen LogP contribution < -0.4 is 10.6 Å². The summed E-state index contributed by atoms with van der Waals surface area (Å²) in [5.41, 5.74) is -1.49. The summed E-state index contributed by atoms with van der Waals surface area (Å²) in [5, 5.41) is 5.77. The number of likely N-dealkylation sites (N-methyl/N-ethyl adjacent to an activating group) is 1. The first kappa shape index (κ1) is 28.1. The first-order valence-electron chi connectivity index (χ1n) is 12.4. The highest BCUT2D eigenvalue weighted by molar-refractivity contribution is 6.09. The summed E-state index contributed by atoms with van der Waals surface area (Å²) < 4.78 is 43.8. The van der Waals surface area contributed by atoms with Crippen molar-refractivity contribution in [3.63, 3.8) is 0 Å². The summed E-state index contributed by atoms with van der Waals surface area (Å²) in [6, 6.07) is 11.6. The lowest BCUT2D eigenvalue weighted by molar-refractivity contribution is -0.153. The van der Waals surface area contributed by atoms with Gasteiger partial charge in [0, 0.05) is 38.3 Å². The van der Waals surface area contributed by atoms with Gasteiger partial charge in [-0.3, -0.25) is 24.6 Å². The summed E-state index contributed by atoms with van der Waals surface area (Å²) in [5.74, 6) is -3.67. The number of carbonyl (C=O) groups excluding carboxylic acids is 4. The molecule has 0 unspecified atom stereocenters. The maximum absolute atomic E-state index is 13.3. The molecule has 4 atom stereocenters. The van der Waals surface area contributed by atoms with Crippen LogP contribution in [0.3, 0.4) is 0 Å². The quantitative estimate of drug-likeness (QED) is 0.409. The third-order valence-corrected chi connectivity index (χ3v) is 7.40. The Labute approximate surface area is 223 Å². The van der Waals surface area contributed by atoms with E-state index in [-0.39, 0.29) is 25.2 Å². The van der Waals surface area contributed by atoms with E-state index in [4.69, 9.17) is 4.74 Å². The molecule has 2 fully saturated rings. The smallest absolute Gasteiger partial charge is 0.416 e. The van der Waals surface area contributed by atoms with Crippen molar-refractivity contribution < 1.29 is 37.1 Å². The van der Waals surface area contributed by atoms with Crippen LogP contribution >= 0.6 is 0 Å². The number of fused-ring (bicyclic) bond motifs is 1. The minimum atomic E-state index is -4.51. The summed E-state index contributed by atoms with van der Waals surface area (Å²) in [4.78, 5) is 55.2. The van der Waals surface area contributed by atoms with Crippen LogP contribution in [-0.2, 0) is 31.7 Å². The van der Waals surface area contributed by atoms with Crippen molar-refractivity contribution in [1.29, 1.82) is 0 Å². The Balaban J connectivity index is 1.61. The highest BCUT2D eigenvalue weighted by Gasteiger charge is 2.68. The minimum absolute atomic E-state index is 0.0511. The average Bonchev–Trinajstić information content (AvgIpc) is 3.35. The number of nitrogens with one attached hydrogen (secondary N) is 2. The van der Waals surface area contributed by atoms with Crippen LogP contribution in [0, 0.1) is 11.8 Å². The predicted octanol–water partition coefficient (Wildman–Crippen LogP) is 2.92. The molecule has 2 aromatic rings. The number of hydrogen-bond acceptors (Lipinski definition) is 6. The van der Waals surface area contributed by atoms with Gasteiger partial charge in [0.05, 0.1) is 24.5 Å². The Kier molecular flexibility index (Phi) is 7.69. The van der Waals surface area contributed by atoms with E-state index >= 15 is 0 Å². The van der Waals surface area contributed by atoms with Gasteiger partial charge in [0.15, 0.2) is 0 Å². The average molecular weight is 547 g/mol. The fourth-order valence-corrected chi connectivity index (χ4v) is 5.49. The number of urea groups is 1. The van der Waals surface area contributed by atoms with Crippen LogP contribution in [-0.4, -0.2) is 72.4 Å². The molecule has 0 aromatic heterocycles. The molecule has 0 saturated carbocycles. The molecule has 0 aliphatic carbocycles. The molecular formula is C27H29F3N4O5. The van der Waals surface area contributed by atoms with Crippen molar-refractivity contribution >= 4 is 29.5 Å². The minimum Gasteiger partial charge on any atom is -0.468 e. The number of ether oxygens (including phenoxy) is 1. The van der Waals surface area contributed by atoms with Gasteiger partial charge in [-0.05, 0) is 36.8 Å². The second kappa shape index (κ2) is 10.7. The number of alkyl halides is 3. The van der Waals surface area contributed by atoms with Crippen LogP contribution in [0.15, 0.2) is 54.6 Å². The number of benzene rings is 2. The van der Waals surface area contributed by atoms with E-state index < -0.39 is 59.0 Å². The van der Waals surface area contributed by atoms with Crippen molar-refractivity contribution in [3.8, 4) is 0 Å². The number of hydrogen-bond donors (Lipinski definition) is 2. The Morgan fingerprint density at radius 2 is 1.72 bits per heavy atom. The van der Waals surface area contributed by atoms with E-state index in [0.717, 1.165) is 34.7 Å². The van der Waals surface area contributed by atoms with Crippen molar-refractivity contribution in [2.75, 3.05) is 32.6 Å². The number of methoxy groups -OCH3 is 1. The van der Waals surface area contributed by atoms with Crippen LogP contribution in [0.1, 0.15) is 18.1 Å². The van der Waals surface area contributed by atoms with Gasteiger partial charge in [0.2, 0.25) is 11.8 Å². The van der Waals surface area contributed by atoms with E-state index in [1.54, 1.807) is 31.2 Å². The molecule has 0 bridgehead atoms. The number of nitrogens with zero attached hydrogens (tertiary/aromatic N) is 2. The van der Waals surface area contributed by atoms with E-state index in [2.05, 4.69) is 10.6 Å². The molecule has 4 rings (SSSR count). The molecule has 2 saturated heterocycles. The normalized spacial score (nSPS) is 24.5. The Hall–Kier alpha value is -3.93. The Morgan fingerprint density at radius 3 is 2.28 bits per heavy atom. The van der Waals surface area contributed by atoms with Crippen LogP contribution in [0.4, 0.5) is 23.7 Å². The zero-order chi connectivity index (χ0) is 28.5. The summed E-state index contributed by atoms with van der Waals surface area (Å²) in [7, 11) is 2.57. The predicted molar refractivity (Wildman–Crippen MR) is 134 cm³/mol. The number of esters is 1. The maximum Gasteiger partial charge on any atom is 0.416 e. The third-order valence-electron chi connectivity index (χ3n) is 7.40. The lowest BCUT2D eigenvalue weighted by atomic mass is 9.76. The van der Waals surface area contributed by atoms with Gasteiger partial charge < -0.3 is 15.0 Å². The number of halogens is 3. The molecule has 2 aliphatic heterocycles. The zero-order valence-electron chi connectivity index (χ0n) is 21.6. The maximum atomic E-state index is 13.3. The molecular weight excluding hydrogens is 517 g/mol. The number of likely N-dealkylation sites (tertiary alicyclic amines) is 1. The molecule has 12 heteroatoms. The molecule has 39 heavy (non-hydrogen) atoms. The van der Waals surface area contributed by atoms with Gasteiger partial charge in [-0.25, -0.2) is 4.79 Å². The van der Waals surface area contributed by atoms with Crippen molar-refractivity contribution in [1.82, 2.24) is 15.1 Å². The van der Waals surface area contributed by atoms with Gasteiger partial charge in [-0.2, -0.15) is 13.2 Å². The summed E-state index contributed by atoms with van der Waals surface area (Å²) >= 11 is 0. The molecule has 9 nitrogen and oxygen atoms in total. The summed E-state index contributed by atoms with van der Waals surface area (Å²) in [6.45, 7) is 1.83. The highest BCUT2D eigenvalue weighted by Crippen LogP contribution is 2.45. The Bertz CT molecular complexity index is 1250. The highest BCUT2D eigenvalue weighted by atomic mass is 19.4. The second-order valence-corrected chi connectivity index (χ2v) is 9.66. The van der Waals surface area contributed by atoms with Gasteiger partial charge in [-0.1, -0.05) is 30.3 Å². The van der Waals surface area contributed by atoms with Gasteiger partial charge in [-0.15, -0.1) is 0 Å². The van der Waals surface area contributed by atoms with E-state index in [9.17, 15) is 32.3 Å². The molecule has 2 heterocycles. The number of carbonyl (C=O) groups is 4. The molecule has 2 aromatic carbocycles. The van der Waals surface area contributed by atoms with Crippen molar-refractivity contribution in [2.45, 2.75) is 31.1 Å². The standard InChI is InChI=1S/C27H29F3N4O5/c1-4-34(25(38)31-18-12-10-17(11-13-18)27(28,29)30)15-19-20-21(23(36)33(2)22(20)35)26(32-19,24(37)39-3)14-16-8-6-5-7-9-16/h5-13,19-21,32H,4,14-15H2,1-3H3,(H,31,38)/t19-,20+,21-,26-/m1/s1. The van der Waals surface area contributed by atoms with Gasteiger partial charge >= 0.3 is 18.2 Å². The molecule has 208 valence electrons. The molecule has 2 N–H and O–H groups in total. The first-order chi connectivity index (χ1) is 18.4. The molecule has 2 aliphatic rings. The van der Waals surface area contributed by atoms with Crippen molar-refractivity contribution in [3.05, 3.63) is 65.7 Å². The van der Waals surface area contributed by atoms with E-state index in [1.807, 2.05) is 6.07 Å². The lowest BCUT2D eigenvalue weighted by Crippen LogP contribution is -2.59. The van der Waals surface area contributed by atoms with Crippen LogP contribution in [0.2, 0.25) is 0 Å². The largest absolute Gasteiger partial charge is 0.468 e. The van der Waals surface area contributed by atoms with Gasteiger partial charge in [0.1, 0.15) is 5.54 Å².